The van der Waals surface area contributed by atoms with Gasteiger partial charge < -0.3 is 9.64 Å². The van der Waals surface area contributed by atoms with E-state index in [1.807, 2.05) is 12.4 Å². The molecule has 23 heavy (non-hydrogen) atoms. The molecule has 4 nitrogen and oxygen atoms in total. The summed E-state index contributed by atoms with van der Waals surface area (Å²) in [5, 5.41) is 0. The molecule has 2 heterocycles. The molecule has 0 spiro atoms. The van der Waals surface area contributed by atoms with E-state index in [2.05, 4.69) is 21.9 Å². The van der Waals surface area contributed by atoms with Gasteiger partial charge in [-0.25, -0.2) is 9.97 Å². The van der Waals surface area contributed by atoms with Crippen LogP contribution in [0.4, 0.5) is 0 Å². The van der Waals surface area contributed by atoms with Gasteiger partial charge in [-0.05, 0) is 52.1 Å². The Morgan fingerprint density at radius 2 is 1.87 bits per heavy atom. The van der Waals surface area contributed by atoms with Crippen LogP contribution >= 0.6 is 0 Å². The molecule has 128 valence electrons. The lowest BCUT2D eigenvalue weighted by Crippen LogP contribution is -2.21. The number of hydrogen-bond donors (Lipinski definition) is 0. The summed E-state index contributed by atoms with van der Waals surface area (Å²) in [6.07, 6.45) is 16.1. The standard InChI is InChI=1S/C19H31N3O/c1-22(11-5-9-18-10-6-12-23-18)15-16-13-20-19(21-14-16)17-7-3-2-4-8-17/h13-14,17-18H,2-12,15H2,1H3/t18-/m0/s1. The van der Waals surface area contributed by atoms with Gasteiger partial charge in [-0.1, -0.05) is 19.3 Å². The molecule has 1 aliphatic heterocycles. The third-order valence-corrected chi connectivity index (χ3v) is 5.24. The minimum Gasteiger partial charge on any atom is -0.378 e. The molecule has 1 saturated carbocycles. The van der Waals surface area contributed by atoms with Crippen LogP contribution in [0.25, 0.3) is 0 Å². The lowest BCUT2D eigenvalue weighted by atomic mass is 9.89. The first-order valence-electron chi connectivity index (χ1n) is 9.42. The fraction of sp³-hybridized carbons (Fsp3) is 0.789. The summed E-state index contributed by atoms with van der Waals surface area (Å²) in [6, 6.07) is 0. The number of hydrogen-bond acceptors (Lipinski definition) is 4. The van der Waals surface area contributed by atoms with Crippen molar-refractivity contribution < 1.29 is 4.74 Å². The second-order valence-corrected chi connectivity index (χ2v) is 7.30. The van der Waals surface area contributed by atoms with E-state index in [4.69, 9.17) is 4.74 Å². The summed E-state index contributed by atoms with van der Waals surface area (Å²) in [6.45, 7) is 3.02. The largest absolute Gasteiger partial charge is 0.378 e. The molecule has 1 saturated heterocycles. The highest BCUT2D eigenvalue weighted by Gasteiger charge is 2.18. The monoisotopic (exact) mass is 317 g/mol. The minimum atomic E-state index is 0.515. The molecule has 2 fully saturated rings. The molecule has 0 bridgehead atoms. The van der Waals surface area contributed by atoms with E-state index in [9.17, 15) is 0 Å². The van der Waals surface area contributed by atoms with Crippen molar-refractivity contribution in [2.75, 3.05) is 20.2 Å². The molecule has 4 heteroatoms. The number of aromatic nitrogens is 2. The number of rotatable bonds is 7. The summed E-state index contributed by atoms with van der Waals surface area (Å²) in [7, 11) is 2.19. The topological polar surface area (TPSA) is 38.2 Å². The van der Waals surface area contributed by atoms with Gasteiger partial charge in [0.15, 0.2) is 0 Å². The van der Waals surface area contributed by atoms with Crippen molar-refractivity contribution in [1.82, 2.24) is 14.9 Å². The number of nitrogens with zero attached hydrogens (tertiary/aromatic N) is 3. The van der Waals surface area contributed by atoms with Crippen LogP contribution < -0.4 is 0 Å². The molecular weight excluding hydrogens is 286 g/mol. The molecule has 1 atom stereocenters. The van der Waals surface area contributed by atoms with E-state index in [1.165, 1.54) is 63.4 Å². The molecule has 0 amide bonds. The lowest BCUT2D eigenvalue weighted by molar-refractivity contribution is 0.0995. The van der Waals surface area contributed by atoms with E-state index in [-0.39, 0.29) is 0 Å². The maximum atomic E-state index is 5.69. The summed E-state index contributed by atoms with van der Waals surface area (Å²) >= 11 is 0. The van der Waals surface area contributed by atoms with Crippen molar-refractivity contribution >= 4 is 0 Å². The number of ether oxygens (including phenoxy) is 1. The highest BCUT2D eigenvalue weighted by Crippen LogP contribution is 2.30. The SMILES string of the molecule is CN(CCC[C@H]1CCCO1)Cc1cnc(C2CCCCC2)nc1. The molecule has 0 unspecified atom stereocenters. The predicted octanol–water partition coefficient (Wildman–Crippen LogP) is 3.92. The van der Waals surface area contributed by atoms with E-state index in [1.54, 1.807) is 0 Å². The predicted molar refractivity (Wildman–Crippen MR) is 92.4 cm³/mol. The van der Waals surface area contributed by atoms with Gasteiger partial charge in [0, 0.05) is 37.0 Å². The first-order valence-corrected chi connectivity index (χ1v) is 9.42. The molecule has 0 aromatic carbocycles. The van der Waals surface area contributed by atoms with Gasteiger partial charge in [-0.3, -0.25) is 0 Å². The van der Waals surface area contributed by atoms with Crippen molar-refractivity contribution in [3.05, 3.63) is 23.8 Å². The molecule has 0 N–H and O–H groups in total. The average molecular weight is 317 g/mol. The third-order valence-electron chi connectivity index (χ3n) is 5.24. The summed E-state index contributed by atoms with van der Waals surface area (Å²) in [4.78, 5) is 11.7. The van der Waals surface area contributed by atoms with Crippen LogP contribution in [0.15, 0.2) is 12.4 Å². The normalized spacial score (nSPS) is 22.8. The smallest absolute Gasteiger partial charge is 0.131 e. The van der Waals surface area contributed by atoms with Gasteiger partial charge in [0.25, 0.3) is 0 Å². The van der Waals surface area contributed by atoms with Crippen LogP contribution in [0.1, 0.15) is 75.1 Å². The highest BCUT2D eigenvalue weighted by atomic mass is 16.5. The Balaban J connectivity index is 1.40. The maximum absolute atomic E-state index is 5.69. The maximum Gasteiger partial charge on any atom is 0.131 e. The molecule has 1 aromatic heterocycles. The highest BCUT2D eigenvalue weighted by molar-refractivity contribution is 5.07. The summed E-state index contributed by atoms with van der Waals surface area (Å²) in [5.41, 5.74) is 1.23. The summed E-state index contributed by atoms with van der Waals surface area (Å²) < 4.78 is 5.69. The van der Waals surface area contributed by atoms with E-state index >= 15 is 0 Å². The van der Waals surface area contributed by atoms with E-state index in [0.29, 0.717) is 12.0 Å². The molecular formula is C19H31N3O. The Labute approximate surface area is 140 Å². The Kier molecular flexibility index (Phi) is 6.40. The third kappa shape index (κ3) is 5.25. The van der Waals surface area contributed by atoms with Crippen molar-refractivity contribution in [1.29, 1.82) is 0 Å². The molecule has 0 radical (unpaired) electrons. The van der Waals surface area contributed by atoms with Crippen molar-refractivity contribution in [2.45, 2.75) is 76.4 Å². The van der Waals surface area contributed by atoms with Crippen molar-refractivity contribution in [2.24, 2.45) is 0 Å². The van der Waals surface area contributed by atoms with Gasteiger partial charge >= 0.3 is 0 Å². The summed E-state index contributed by atoms with van der Waals surface area (Å²) in [5.74, 6) is 1.66. The first kappa shape index (κ1) is 16.8. The minimum absolute atomic E-state index is 0.515. The van der Waals surface area contributed by atoms with E-state index < -0.39 is 0 Å². The van der Waals surface area contributed by atoms with Gasteiger partial charge in [-0.2, -0.15) is 0 Å². The van der Waals surface area contributed by atoms with Gasteiger partial charge in [0.2, 0.25) is 0 Å². The van der Waals surface area contributed by atoms with Crippen molar-refractivity contribution in [3.63, 3.8) is 0 Å². The quantitative estimate of drug-likeness (QED) is 0.764. The Bertz CT molecular complexity index is 450. The van der Waals surface area contributed by atoms with Gasteiger partial charge in [0.05, 0.1) is 6.10 Å². The molecule has 1 aromatic rings. The fourth-order valence-electron chi connectivity index (χ4n) is 3.87. The van der Waals surface area contributed by atoms with Crippen LogP contribution in [-0.4, -0.2) is 41.2 Å². The average Bonchev–Trinajstić information content (AvgIpc) is 3.10. The molecule has 1 aliphatic carbocycles. The van der Waals surface area contributed by atoms with Crippen LogP contribution in [0.3, 0.4) is 0 Å². The second kappa shape index (κ2) is 8.74. The Morgan fingerprint density at radius 3 is 2.57 bits per heavy atom. The zero-order chi connectivity index (χ0) is 15.9. The van der Waals surface area contributed by atoms with Crippen LogP contribution in [0.5, 0.6) is 0 Å². The van der Waals surface area contributed by atoms with Crippen LogP contribution in [-0.2, 0) is 11.3 Å². The van der Waals surface area contributed by atoms with Gasteiger partial charge in [-0.15, -0.1) is 0 Å². The van der Waals surface area contributed by atoms with Crippen LogP contribution in [0.2, 0.25) is 0 Å². The van der Waals surface area contributed by atoms with E-state index in [0.717, 1.165) is 25.5 Å². The Hall–Kier alpha value is -1.00. The Morgan fingerprint density at radius 1 is 1.09 bits per heavy atom. The zero-order valence-electron chi connectivity index (χ0n) is 14.5. The second-order valence-electron chi connectivity index (χ2n) is 7.30. The fourth-order valence-corrected chi connectivity index (χ4v) is 3.87. The first-order chi connectivity index (χ1) is 11.3. The lowest BCUT2D eigenvalue weighted by Gasteiger charge is -2.21. The van der Waals surface area contributed by atoms with Crippen LogP contribution in [0, 0.1) is 0 Å². The van der Waals surface area contributed by atoms with Crippen molar-refractivity contribution in [3.8, 4) is 0 Å². The molecule has 3 rings (SSSR count). The van der Waals surface area contributed by atoms with Gasteiger partial charge in [0.1, 0.15) is 5.82 Å². The zero-order valence-corrected chi connectivity index (χ0v) is 14.5. The molecule has 2 aliphatic rings.